The second-order valence-electron chi connectivity index (χ2n) is 6.25. The van der Waals surface area contributed by atoms with Crippen molar-refractivity contribution < 1.29 is 9.32 Å². The highest BCUT2D eigenvalue weighted by Gasteiger charge is 2.35. The lowest BCUT2D eigenvalue weighted by molar-refractivity contribution is -0.129. The Hall–Kier alpha value is -2.60. The molecule has 1 aliphatic rings. The average Bonchev–Trinajstić information content (AvgIpc) is 3.30. The molecule has 0 aliphatic carbocycles. The van der Waals surface area contributed by atoms with Gasteiger partial charge in [-0.15, -0.1) is 11.8 Å². The number of benzene rings is 2. The number of carbonyl (C=O) groups is 1. The van der Waals surface area contributed by atoms with Crippen LogP contribution in [-0.4, -0.2) is 27.2 Å². The standard InChI is InChI=1S/C20H19N3O2S/c1-26-16-9-7-15(8-10-16)19-21-20(25-22-19)17-11-12-18(24)23(17)13-14-5-3-2-4-6-14/h2-10,17H,11-13H2,1H3. The summed E-state index contributed by atoms with van der Waals surface area (Å²) in [4.78, 5) is 19.9. The van der Waals surface area contributed by atoms with Crippen molar-refractivity contribution in [2.75, 3.05) is 6.26 Å². The molecule has 0 saturated carbocycles. The SMILES string of the molecule is CSc1ccc(-c2noc(C3CCC(=O)N3Cc3ccccc3)n2)cc1. The fourth-order valence-electron chi connectivity index (χ4n) is 3.20. The summed E-state index contributed by atoms with van der Waals surface area (Å²) < 4.78 is 5.52. The van der Waals surface area contributed by atoms with Crippen molar-refractivity contribution in [1.29, 1.82) is 0 Å². The molecule has 1 fully saturated rings. The second kappa shape index (κ2) is 7.33. The highest BCUT2D eigenvalue weighted by Crippen LogP contribution is 2.34. The van der Waals surface area contributed by atoms with Gasteiger partial charge in [-0.25, -0.2) is 0 Å². The summed E-state index contributed by atoms with van der Waals surface area (Å²) in [7, 11) is 0. The van der Waals surface area contributed by atoms with Gasteiger partial charge in [-0.05, 0) is 42.5 Å². The topological polar surface area (TPSA) is 59.2 Å². The molecule has 5 nitrogen and oxygen atoms in total. The lowest BCUT2D eigenvalue weighted by Gasteiger charge is -2.22. The van der Waals surface area contributed by atoms with Crippen LogP contribution in [0.25, 0.3) is 11.4 Å². The second-order valence-corrected chi connectivity index (χ2v) is 7.13. The van der Waals surface area contributed by atoms with E-state index in [2.05, 4.69) is 10.1 Å². The van der Waals surface area contributed by atoms with Crippen LogP contribution in [0.4, 0.5) is 0 Å². The van der Waals surface area contributed by atoms with Gasteiger partial charge in [0.2, 0.25) is 17.6 Å². The molecule has 1 saturated heterocycles. The van der Waals surface area contributed by atoms with Crippen molar-refractivity contribution in [3.63, 3.8) is 0 Å². The molecule has 0 N–H and O–H groups in total. The Labute approximate surface area is 156 Å². The zero-order valence-corrected chi connectivity index (χ0v) is 15.3. The molecule has 132 valence electrons. The van der Waals surface area contributed by atoms with E-state index in [9.17, 15) is 4.79 Å². The molecule has 1 unspecified atom stereocenters. The molecule has 0 radical (unpaired) electrons. The van der Waals surface area contributed by atoms with Crippen molar-refractivity contribution in [2.24, 2.45) is 0 Å². The first-order valence-electron chi connectivity index (χ1n) is 8.56. The molecule has 3 aromatic rings. The van der Waals surface area contributed by atoms with Gasteiger partial charge in [0.25, 0.3) is 0 Å². The molecule has 6 heteroatoms. The number of aromatic nitrogens is 2. The third kappa shape index (κ3) is 3.37. The minimum absolute atomic E-state index is 0.128. The Balaban J connectivity index is 1.56. The molecule has 26 heavy (non-hydrogen) atoms. The summed E-state index contributed by atoms with van der Waals surface area (Å²) in [6.45, 7) is 0.560. The minimum Gasteiger partial charge on any atom is -0.337 e. The van der Waals surface area contributed by atoms with Gasteiger partial charge in [-0.2, -0.15) is 4.98 Å². The van der Waals surface area contributed by atoms with Gasteiger partial charge in [0.05, 0.1) is 0 Å². The van der Waals surface area contributed by atoms with Crippen LogP contribution < -0.4 is 0 Å². The van der Waals surface area contributed by atoms with Crippen LogP contribution in [0.3, 0.4) is 0 Å². The summed E-state index contributed by atoms with van der Waals surface area (Å²) in [5, 5.41) is 4.12. The lowest BCUT2D eigenvalue weighted by atomic mass is 10.2. The van der Waals surface area contributed by atoms with Crippen molar-refractivity contribution in [3.05, 3.63) is 66.1 Å². The van der Waals surface area contributed by atoms with Crippen molar-refractivity contribution >= 4 is 17.7 Å². The molecule has 2 heterocycles. The van der Waals surface area contributed by atoms with Crippen LogP contribution >= 0.6 is 11.8 Å². The van der Waals surface area contributed by atoms with Crippen molar-refractivity contribution in [2.45, 2.75) is 30.3 Å². The molecule has 4 rings (SSSR count). The van der Waals surface area contributed by atoms with Crippen LogP contribution in [0, 0.1) is 0 Å². The number of amides is 1. The van der Waals surface area contributed by atoms with Crippen LogP contribution in [0.15, 0.2) is 64.0 Å². The third-order valence-electron chi connectivity index (χ3n) is 4.60. The van der Waals surface area contributed by atoms with E-state index in [0.717, 1.165) is 11.1 Å². The van der Waals surface area contributed by atoms with Gasteiger partial charge in [0.15, 0.2) is 0 Å². The van der Waals surface area contributed by atoms with E-state index >= 15 is 0 Å². The number of thioether (sulfide) groups is 1. The van der Waals surface area contributed by atoms with E-state index in [0.29, 0.717) is 31.1 Å². The first kappa shape index (κ1) is 16.8. The van der Waals surface area contributed by atoms with Gasteiger partial charge < -0.3 is 9.42 Å². The molecular weight excluding hydrogens is 346 g/mol. The quantitative estimate of drug-likeness (QED) is 0.630. The Morgan fingerprint density at radius 2 is 1.92 bits per heavy atom. The summed E-state index contributed by atoms with van der Waals surface area (Å²) in [6.07, 6.45) is 3.26. The molecule has 0 bridgehead atoms. The minimum atomic E-state index is -0.158. The summed E-state index contributed by atoms with van der Waals surface area (Å²) in [6, 6.07) is 17.9. The zero-order chi connectivity index (χ0) is 17.9. The molecule has 1 amide bonds. The van der Waals surface area contributed by atoms with Gasteiger partial charge >= 0.3 is 0 Å². The molecule has 1 aromatic heterocycles. The van der Waals surface area contributed by atoms with Crippen molar-refractivity contribution in [1.82, 2.24) is 15.0 Å². The van der Waals surface area contributed by atoms with E-state index in [1.165, 1.54) is 4.90 Å². The Morgan fingerprint density at radius 3 is 2.65 bits per heavy atom. The van der Waals surface area contributed by atoms with Crippen molar-refractivity contribution in [3.8, 4) is 11.4 Å². The van der Waals surface area contributed by atoms with E-state index in [-0.39, 0.29) is 11.9 Å². The van der Waals surface area contributed by atoms with Crippen LogP contribution in [0.5, 0.6) is 0 Å². The van der Waals surface area contributed by atoms with Gasteiger partial charge in [-0.1, -0.05) is 35.5 Å². The molecule has 1 atom stereocenters. The van der Waals surface area contributed by atoms with Gasteiger partial charge in [0, 0.05) is 23.4 Å². The molecule has 0 spiro atoms. The van der Waals surface area contributed by atoms with Crippen LogP contribution in [-0.2, 0) is 11.3 Å². The van der Waals surface area contributed by atoms with E-state index < -0.39 is 0 Å². The number of carbonyl (C=O) groups excluding carboxylic acids is 1. The average molecular weight is 365 g/mol. The largest absolute Gasteiger partial charge is 0.337 e. The van der Waals surface area contributed by atoms with Crippen LogP contribution in [0.2, 0.25) is 0 Å². The molecule has 1 aliphatic heterocycles. The summed E-state index contributed by atoms with van der Waals surface area (Å²) in [5.74, 6) is 1.20. The maximum absolute atomic E-state index is 12.3. The van der Waals surface area contributed by atoms with Crippen LogP contribution in [0.1, 0.15) is 30.3 Å². The fraction of sp³-hybridized carbons (Fsp3) is 0.250. The first-order chi connectivity index (χ1) is 12.7. The highest BCUT2D eigenvalue weighted by atomic mass is 32.2. The predicted octanol–water partition coefficient (Wildman–Crippen LogP) is 4.32. The van der Waals surface area contributed by atoms with E-state index in [1.54, 1.807) is 11.8 Å². The number of hydrogen-bond donors (Lipinski definition) is 0. The monoisotopic (exact) mass is 365 g/mol. The summed E-state index contributed by atoms with van der Waals surface area (Å²) in [5.41, 5.74) is 2.01. The summed E-state index contributed by atoms with van der Waals surface area (Å²) >= 11 is 1.69. The molecular formula is C20H19N3O2S. The zero-order valence-electron chi connectivity index (χ0n) is 14.5. The number of rotatable bonds is 5. The van der Waals surface area contributed by atoms with E-state index in [4.69, 9.17) is 4.52 Å². The van der Waals surface area contributed by atoms with Gasteiger partial charge in [0.1, 0.15) is 6.04 Å². The normalized spacial score (nSPS) is 17.0. The highest BCUT2D eigenvalue weighted by molar-refractivity contribution is 7.98. The number of likely N-dealkylation sites (tertiary alicyclic amines) is 1. The maximum atomic E-state index is 12.3. The third-order valence-corrected chi connectivity index (χ3v) is 5.34. The first-order valence-corrected chi connectivity index (χ1v) is 9.78. The number of nitrogens with zero attached hydrogens (tertiary/aromatic N) is 3. The Kier molecular flexibility index (Phi) is 4.75. The predicted molar refractivity (Wildman–Crippen MR) is 100 cm³/mol. The Bertz CT molecular complexity index is 893. The molecule has 2 aromatic carbocycles. The lowest BCUT2D eigenvalue weighted by Crippen LogP contribution is -2.27. The van der Waals surface area contributed by atoms with Gasteiger partial charge in [-0.3, -0.25) is 4.79 Å². The van der Waals surface area contributed by atoms with E-state index in [1.807, 2.05) is 65.8 Å². The Morgan fingerprint density at radius 1 is 1.15 bits per heavy atom. The smallest absolute Gasteiger partial charge is 0.249 e. The maximum Gasteiger partial charge on any atom is 0.249 e. The fourth-order valence-corrected chi connectivity index (χ4v) is 3.60. The number of hydrogen-bond acceptors (Lipinski definition) is 5.